The summed E-state index contributed by atoms with van der Waals surface area (Å²) in [5.74, 6) is -1.12. The van der Waals surface area contributed by atoms with E-state index in [0.717, 1.165) is 12.1 Å². The third-order valence-electron chi connectivity index (χ3n) is 2.83. The lowest BCUT2D eigenvalue weighted by Crippen LogP contribution is -2.27. The number of carbonyl (C=O) groups is 1. The zero-order valence-electron chi connectivity index (χ0n) is 11.2. The molecule has 1 heterocycles. The Morgan fingerprint density at radius 3 is 2.75 bits per heavy atom. The number of aromatic nitrogens is 3. The van der Waals surface area contributed by atoms with Gasteiger partial charge in [-0.25, -0.2) is 13.8 Å². The average molecular weight is 280 g/mol. The van der Waals surface area contributed by atoms with Crippen LogP contribution in [0.25, 0.3) is 0 Å². The van der Waals surface area contributed by atoms with Crippen LogP contribution in [0.15, 0.2) is 18.2 Å². The minimum absolute atomic E-state index is 0.0148. The van der Waals surface area contributed by atoms with Gasteiger partial charge in [-0.2, -0.15) is 0 Å². The molecule has 20 heavy (non-hydrogen) atoms. The van der Waals surface area contributed by atoms with Gasteiger partial charge in [-0.1, -0.05) is 13.0 Å². The standard InChI is InChI=1S/C13H14F2N4O/c1-3-11-16-12(18-17-11)13(20)19(2)7-8-4-5-9(14)6-10(8)15/h4-6H,3,7H2,1-2H3,(H,16,17,18). The van der Waals surface area contributed by atoms with E-state index in [9.17, 15) is 13.6 Å². The van der Waals surface area contributed by atoms with Crippen LogP contribution >= 0.6 is 0 Å². The van der Waals surface area contributed by atoms with E-state index in [0.29, 0.717) is 12.2 Å². The first-order valence-electron chi connectivity index (χ1n) is 6.12. The van der Waals surface area contributed by atoms with E-state index in [4.69, 9.17) is 0 Å². The molecule has 1 aromatic carbocycles. The van der Waals surface area contributed by atoms with E-state index in [1.54, 1.807) is 0 Å². The molecule has 5 nitrogen and oxygen atoms in total. The molecule has 0 saturated carbocycles. The molecule has 2 rings (SSSR count). The number of benzene rings is 1. The third-order valence-corrected chi connectivity index (χ3v) is 2.83. The molecule has 0 saturated heterocycles. The minimum atomic E-state index is -0.686. The number of halogens is 2. The molecule has 0 spiro atoms. The van der Waals surface area contributed by atoms with E-state index in [2.05, 4.69) is 15.2 Å². The lowest BCUT2D eigenvalue weighted by Gasteiger charge is -2.15. The number of rotatable bonds is 4. The Kier molecular flexibility index (Phi) is 4.07. The van der Waals surface area contributed by atoms with Crippen molar-refractivity contribution in [2.24, 2.45) is 0 Å². The molecule has 7 heteroatoms. The Morgan fingerprint density at radius 1 is 1.40 bits per heavy atom. The van der Waals surface area contributed by atoms with Crippen LogP contribution in [-0.2, 0) is 13.0 Å². The van der Waals surface area contributed by atoms with Gasteiger partial charge in [-0.05, 0) is 6.07 Å². The zero-order chi connectivity index (χ0) is 14.7. The van der Waals surface area contributed by atoms with Gasteiger partial charge in [0.2, 0.25) is 5.82 Å². The van der Waals surface area contributed by atoms with Gasteiger partial charge in [0.25, 0.3) is 5.91 Å². The van der Waals surface area contributed by atoms with Crippen molar-refractivity contribution < 1.29 is 13.6 Å². The van der Waals surface area contributed by atoms with Crippen molar-refractivity contribution in [3.05, 3.63) is 47.0 Å². The van der Waals surface area contributed by atoms with Gasteiger partial charge >= 0.3 is 0 Å². The Hall–Kier alpha value is -2.31. The Bertz CT molecular complexity index is 627. The highest BCUT2D eigenvalue weighted by Crippen LogP contribution is 2.12. The second-order valence-corrected chi connectivity index (χ2v) is 4.36. The molecule has 0 aliphatic rings. The number of amides is 1. The van der Waals surface area contributed by atoms with Gasteiger partial charge in [-0.15, -0.1) is 5.10 Å². The van der Waals surface area contributed by atoms with Crippen LogP contribution < -0.4 is 0 Å². The van der Waals surface area contributed by atoms with Crippen LogP contribution in [0, 0.1) is 11.6 Å². The number of carbonyl (C=O) groups excluding carboxylic acids is 1. The monoisotopic (exact) mass is 280 g/mol. The number of aromatic amines is 1. The van der Waals surface area contributed by atoms with E-state index < -0.39 is 17.5 Å². The number of H-pyrrole nitrogens is 1. The van der Waals surface area contributed by atoms with Gasteiger partial charge in [0.1, 0.15) is 17.5 Å². The first-order valence-corrected chi connectivity index (χ1v) is 6.12. The molecule has 0 atom stereocenters. The summed E-state index contributed by atoms with van der Waals surface area (Å²) in [5, 5.41) is 6.45. The van der Waals surface area contributed by atoms with E-state index in [1.165, 1.54) is 18.0 Å². The van der Waals surface area contributed by atoms with E-state index >= 15 is 0 Å². The molecule has 0 radical (unpaired) electrons. The maximum Gasteiger partial charge on any atom is 0.293 e. The first kappa shape index (κ1) is 14.1. The number of hydrogen-bond donors (Lipinski definition) is 1. The van der Waals surface area contributed by atoms with E-state index in [1.807, 2.05) is 6.92 Å². The topological polar surface area (TPSA) is 61.9 Å². The summed E-state index contributed by atoms with van der Waals surface area (Å²) < 4.78 is 26.3. The maximum absolute atomic E-state index is 13.5. The Labute approximate surface area is 114 Å². The summed E-state index contributed by atoms with van der Waals surface area (Å²) >= 11 is 0. The highest BCUT2D eigenvalue weighted by atomic mass is 19.1. The van der Waals surface area contributed by atoms with Crippen molar-refractivity contribution in [3.63, 3.8) is 0 Å². The Balaban J connectivity index is 2.11. The van der Waals surface area contributed by atoms with Crippen LogP contribution in [0.5, 0.6) is 0 Å². The fourth-order valence-electron chi connectivity index (χ4n) is 1.70. The molecule has 1 N–H and O–H groups in total. The van der Waals surface area contributed by atoms with Crippen molar-refractivity contribution in [3.8, 4) is 0 Å². The maximum atomic E-state index is 13.5. The minimum Gasteiger partial charge on any atom is -0.334 e. The molecule has 0 aliphatic carbocycles. The largest absolute Gasteiger partial charge is 0.334 e. The van der Waals surface area contributed by atoms with Crippen LogP contribution in [0.1, 0.15) is 28.9 Å². The molecule has 0 unspecified atom stereocenters. The lowest BCUT2D eigenvalue weighted by atomic mass is 10.2. The third kappa shape index (κ3) is 2.98. The second kappa shape index (κ2) is 5.77. The van der Waals surface area contributed by atoms with Crippen molar-refractivity contribution in [1.82, 2.24) is 20.1 Å². The highest BCUT2D eigenvalue weighted by Gasteiger charge is 2.18. The highest BCUT2D eigenvalue weighted by molar-refractivity contribution is 5.90. The zero-order valence-corrected chi connectivity index (χ0v) is 11.2. The molecule has 106 valence electrons. The quantitative estimate of drug-likeness (QED) is 0.930. The van der Waals surface area contributed by atoms with Gasteiger partial charge in [0.05, 0.1) is 0 Å². The molecular weight excluding hydrogens is 266 g/mol. The van der Waals surface area contributed by atoms with Crippen molar-refractivity contribution in [1.29, 1.82) is 0 Å². The summed E-state index contributed by atoms with van der Waals surface area (Å²) in [7, 11) is 1.51. The van der Waals surface area contributed by atoms with Gasteiger partial charge in [-0.3, -0.25) is 9.89 Å². The van der Waals surface area contributed by atoms with E-state index in [-0.39, 0.29) is 17.9 Å². The number of nitrogens with zero attached hydrogens (tertiary/aromatic N) is 3. The van der Waals surface area contributed by atoms with Crippen molar-refractivity contribution >= 4 is 5.91 Å². The fourth-order valence-corrected chi connectivity index (χ4v) is 1.70. The molecule has 0 aliphatic heterocycles. The normalized spacial score (nSPS) is 10.6. The average Bonchev–Trinajstić information content (AvgIpc) is 2.89. The van der Waals surface area contributed by atoms with Crippen LogP contribution in [0.4, 0.5) is 8.78 Å². The lowest BCUT2D eigenvalue weighted by molar-refractivity contribution is 0.0772. The molecular formula is C13H14F2N4O. The van der Waals surface area contributed by atoms with Crippen LogP contribution in [-0.4, -0.2) is 33.0 Å². The number of nitrogens with one attached hydrogen (secondary N) is 1. The Morgan fingerprint density at radius 2 is 2.15 bits per heavy atom. The smallest absolute Gasteiger partial charge is 0.293 e. The molecule has 0 bridgehead atoms. The molecule has 1 aromatic heterocycles. The predicted octanol–water partition coefficient (Wildman–Crippen LogP) is 1.92. The van der Waals surface area contributed by atoms with Gasteiger partial charge in [0.15, 0.2) is 0 Å². The van der Waals surface area contributed by atoms with Gasteiger partial charge < -0.3 is 4.90 Å². The predicted molar refractivity (Wildman–Crippen MR) is 67.9 cm³/mol. The summed E-state index contributed by atoms with van der Waals surface area (Å²) in [6.07, 6.45) is 0.636. The van der Waals surface area contributed by atoms with Crippen LogP contribution in [0.3, 0.4) is 0 Å². The molecule has 0 fully saturated rings. The van der Waals surface area contributed by atoms with Crippen molar-refractivity contribution in [2.75, 3.05) is 7.05 Å². The number of hydrogen-bond acceptors (Lipinski definition) is 3. The van der Waals surface area contributed by atoms with Crippen molar-refractivity contribution in [2.45, 2.75) is 19.9 Å². The summed E-state index contributed by atoms with van der Waals surface area (Å²) in [4.78, 5) is 17.3. The second-order valence-electron chi connectivity index (χ2n) is 4.36. The summed E-state index contributed by atoms with van der Waals surface area (Å²) in [5.41, 5.74) is 0.230. The summed E-state index contributed by atoms with van der Waals surface area (Å²) in [6, 6.07) is 3.25. The molecule has 1 amide bonds. The number of aryl methyl sites for hydroxylation is 1. The summed E-state index contributed by atoms with van der Waals surface area (Å²) in [6.45, 7) is 1.90. The fraction of sp³-hybridized carbons (Fsp3) is 0.308. The molecule has 2 aromatic rings. The first-order chi connectivity index (χ1) is 9.51. The SMILES string of the molecule is CCc1nc(C(=O)N(C)Cc2ccc(F)cc2F)n[nH]1. The van der Waals surface area contributed by atoms with Gasteiger partial charge in [0, 0.05) is 31.6 Å². The van der Waals surface area contributed by atoms with Crippen LogP contribution in [0.2, 0.25) is 0 Å².